The summed E-state index contributed by atoms with van der Waals surface area (Å²) in [4.78, 5) is 23.4. The van der Waals surface area contributed by atoms with Crippen molar-refractivity contribution in [3.8, 4) is 0 Å². The lowest BCUT2D eigenvalue weighted by atomic mass is 10.1. The van der Waals surface area contributed by atoms with Gasteiger partial charge in [-0.05, 0) is 13.3 Å². The maximum absolute atomic E-state index is 11.4. The number of rotatable bonds is 3. The zero-order valence-corrected chi connectivity index (χ0v) is 8.31. The maximum Gasteiger partial charge on any atom is 0.410 e. The van der Waals surface area contributed by atoms with Crippen molar-refractivity contribution in [1.82, 2.24) is 4.90 Å². The van der Waals surface area contributed by atoms with E-state index >= 15 is 0 Å². The molecular formula is C10H15NO3. The fourth-order valence-corrected chi connectivity index (χ4v) is 1.47. The van der Waals surface area contributed by atoms with Crippen LogP contribution in [0, 0.1) is 0 Å². The van der Waals surface area contributed by atoms with E-state index in [0.717, 1.165) is 12.7 Å². The number of amides is 1. The van der Waals surface area contributed by atoms with Crippen LogP contribution in [-0.4, -0.2) is 36.5 Å². The number of carbonyl (C=O) groups excluding carboxylic acids is 2. The summed E-state index contributed by atoms with van der Waals surface area (Å²) in [6, 6.07) is -0.125. The Hall–Kier alpha value is -1.32. The first-order chi connectivity index (χ1) is 6.79. The molecule has 0 aromatic heterocycles. The lowest BCUT2D eigenvalue weighted by molar-refractivity contribution is -0.108. The van der Waals surface area contributed by atoms with Crippen LogP contribution in [0.25, 0.3) is 0 Å². The van der Waals surface area contributed by atoms with Crippen molar-refractivity contribution in [2.75, 3.05) is 13.2 Å². The van der Waals surface area contributed by atoms with Crippen molar-refractivity contribution in [2.45, 2.75) is 25.8 Å². The van der Waals surface area contributed by atoms with Gasteiger partial charge in [0.1, 0.15) is 6.29 Å². The van der Waals surface area contributed by atoms with Gasteiger partial charge in [-0.25, -0.2) is 4.79 Å². The molecule has 0 aromatic rings. The molecule has 0 bridgehead atoms. The van der Waals surface area contributed by atoms with Crippen LogP contribution >= 0.6 is 0 Å². The van der Waals surface area contributed by atoms with Gasteiger partial charge in [0.05, 0.1) is 12.6 Å². The quantitative estimate of drug-likeness (QED) is 0.507. The lowest BCUT2D eigenvalue weighted by Gasteiger charge is -2.30. The van der Waals surface area contributed by atoms with E-state index in [0.29, 0.717) is 19.6 Å². The molecule has 0 fully saturated rings. The Morgan fingerprint density at radius 3 is 3.14 bits per heavy atom. The second-order valence-corrected chi connectivity index (χ2v) is 3.08. The van der Waals surface area contributed by atoms with Gasteiger partial charge in [0.2, 0.25) is 0 Å². The molecule has 4 heteroatoms. The first-order valence-corrected chi connectivity index (χ1v) is 4.83. The van der Waals surface area contributed by atoms with Gasteiger partial charge < -0.3 is 14.4 Å². The third-order valence-corrected chi connectivity index (χ3v) is 2.14. The molecule has 0 N–H and O–H groups in total. The van der Waals surface area contributed by atoms with Crippen molar-refractivity contribution in [2.24, 2.45) is 0 Å². The van der Waals surface area contributed by atoms with Gasteiger partial charge in [0, 0.05) is 13.0 Å². The summed E-state index contributed by atoms with van der Waals surface area (Å²) in [7, 11) is 0. The minimum absolute atomic E-state index is 0.125. The topological polar surface area (TPSA) is 46.6 Å². The first kappa shape index (κ1) is 10.8. The van der Waals surface area contributed by atoms with Crippen molar-refractivity contribution in [3.63, 3.8) is 0 Å². The molecule has 1 unspecified atom stereocenters. The summed E-state index contributed by atoms with van der Waals surface area (Å²) in [5, 5.41) is 0. The molecule has 1 aliphatic rings. The Morgan fingerprint density at radius 1 is 1.71 bits per heavy atom. The van der Waals surface area contributed by atoms with Crippen LogP contribution in [0.3, 0.4) is 0 Å². The molecule has 14 heavy (non-hydrogen) atoms. The third kappa shape index (κ3) is 2.58. The number of hydrogen-bond donors (Lipinski definition) is 0. The van der Waals surface area contributed by atoms with E-state index in [9.17, 15) is 9.59 Å². The van der Waals surface area contributed by atoms with Crippen LogP contribution in [0.4, 0.5) is 4.79 Å². The third-order valence-electron chi connectivity index (χ3n) is 2.14. The summed E-state index contributed by atoms with van der Waals surface area (Å²) >= 11 is 0. The average Bonchev–Trinajstić information content (AvgIpc) is 2.19. The molecule has 0 saturated heterocycles. The predicted molar refractivity (Wildman–Crippen MR) is 52.0 cm³/mol. The van der Waals surface area contributed by atoms with Crippen LogP contribution in [0.15, 0.2) is 12.2 Å². The fourth-order valence-electron chi connectivity index (χ4n) is 1.47. The van der Waals surface area contributed by atoms with Crippen molar-refractivity contribution in [1.29, 1.82) is 0 Å². The van der Waals surface area contributed by atoms with Gasteiger partial charge >= 0.3 is 6.09 Å². The van der Waals surface area contributed by atoms with Gasteiger partial charge in [-0.1, -0.05) is 12.2 Å². The predicted octanol–water partition coefficient (Wildman–Crippen LogP) is 1.36. The van der Waals surface area contributed by atoms with Crippen LogP contribution in [-0.2, 0) is 9.53 Å². The van der Waals surface area contributed by atoms with Gasteiger partial charge in [0.25, 0.3) is 0 Å². The minimum atomic E-state index is -0.330. The molecule has 1 atom stereocenters. The molecule has 0 spiro atoms. The highest BCUT2D eigenvalue weighted by Gasteiger charge is 2.23. The van der Waals surface area contributed by atoms with Crippen molar-refractivity contribution >= 4 is 12.4 Å². The monoisotopic (exact) mass is 197 g/mol. The Bertz CT molecular complexity index is 238. The van der Waals surface area contributed by atoms with Crippen molar-refractivity contribution < 1.29 is 14.3 Å². The number of aldehydes is 1. The zero-order chi connectivity index (χ0) is 10.4. The highest BCUT2D eigenvalue weighted by molar-refractivity contribution is 5.69. The summed E-state index contributed by atoms with van der Waals surface area (Å²) in [6.07, 6.45) is 5.54. The SMILES string of the molecule is CCOC(=O)N1CCC=CC1CC=O. The second kappa shape index (κ2) is 5.42. The van der Waals surface area contributed by atoms with Crippen LogP contribution < -0.4 is 0 Å². The molecule has 1 aliphatic heterocycles. The molecule has 0 aliphatic carbocycles. The molecule has 1 heterocycles. The molecule has 78 valence electrons. The van der Waals surface area contributed by atoms with E-state index < -0.39 is 0 Å². The second-order valence-electron chi connectivity index (χ2n) is 3.08. The number of hydrogen-bond acceptors (Lipinski definition) is 3. The number of nitrogens with zero attached hydrogens (tertiary/aromatic N) is 1. The summed E-state index contributed by atoms with van der Waals surface area (Å²) in [5.41, 5.74) is 0. The molecule has 1 rings (SSSR count). The summed E-state index contributed by atoms with van der Waals surface area (Å²) < 4.78 is 4.90. The highest BCUT2D eigenvalue weighted by Crippen LogP contribution is 2.13. The Balaban J connectivity index is 2.60. The molecule has 1 amide bonds. The standard InChI is InChI=1S/C10H15NO3/c1-2-14-10(13)11-7-4-3-5-9(11)6-8-12/h3,5,8-9H,2,4,6-7H2,1H3. The van der Waals surface area contributed by atoms with E-state index in [4.69, 9.17) is 4.74 Å². The van der Waals surface area contributed by atoms with E-state index in [1.165, 1.54) is 0 Å². The lowest BCUT2D eigenvalue weighted by Crippen LogP contribution is -2.42. The van der Waals surface area contributed by atoms with Crippen LogP contribution in [0.2, 0.25) is 0 Å². The average molecular weight is 197 g/mol. The smallest absolute Gasteiger partial charge is 0.410 e. The Labute approximate surface area is 83.5 Å². The molecule has 0 radical (unpaired) electrons. The minimum Gasteiger partial charge on any atom is -0.450 e. The van der Waals surface area contributed by atoms with E-state index in [1.54, 1.807) is 11.8 Å². The Morgan fingerprint density at radius 2 is 2.50 bits per heavy atom. The highest BCUT2D eigenvalue weighted by atomic mass is 16.6. The summed E-state index contributed by atoms with van der Waals surface area (Å²) in [5.74, 6) is 0. The van der Waals surface area contributed by atoms with E-state index in [2.05, 4.69) is 0 Å². The molecule has 0 aromatic carbocycles. The zero-order valence-electron chi connectivity index (χ0n) is 8.31. The first-order valence-electron chi connectivity index (χ1n) is 4.83. The fraction of sp³-hybridized carbons (Fsp3) is 0.600. The number of carbonyl (C=O) groups is 2. The van der Waals surface area contributed by atoms with Gasteiger partial charge in [-0.15, -0.1) is 0 Å². The Kier molecular flexibility index (Phi) is 4.16. The number of ether oxygens (including phenoxy) is 1. The van der Waals surface area contributed by atoms with Gasteiger partial charge in [0.15, 0.2) is 0 Å². The van der Waals surface area contributed by atoms with Gasteiger partial charge in [-0.2, -0.15) is 0 Å². The maximum atomic E-state index is 11.4. The van der Waals surface area contributed by atoms with E-state index in [-0.39, 0.29) is 12.1 Å². The van der Waals surface area contributed by atoms with Gasteiger partial charge in [-0.3, -0.25) is 0 Å². The molecule has 4 nitrogen and oxygen atoms in total. The molecular weight excluding hydrogens is 182 g/mol. The largest absolute Gasteiger partial charge is 0.450 e. The van der Waals surface area contributed by atoms with E-state index in [1.807, 2.05) is 12.2 Å². The van der Waals surface area contributed by atoms with Crippen LogP contribution in [0.5, 0.6) is 0 Å². The molecule has 0 saturated carbocycles. The van der Waals surface area contributed by atoms with Crippen LogP contribution in [0.1, 0.15) is 19.8 Å². The summed E-state index contributed by atoms with van der Waals surface area (Å²) in [6.45, 7) is 2.77. The normalized spacial score (nSPS) is 20.6. The van der Waals surface area contributed by atoms with Crippen molar-refractivity contribution in [3.05, 3.63) is 12.2 Å².